The molecule has 2 saturated carbocycles. The molecular weight excluding hydrogens is 204 g/mol. The highest BCUT2D eigenvalue weighted by Gasteiger charge is 2.39. The summed E-state index contributed by atoms with van der Waals surface area (Å²) in [5.74, 6) is 0. The minimum Gasteiger partial charge on any atom is -0.328 e. The molecule has 2 nitrogen and oxygen atoms in total. The Kier molecular flexibility index (Phi) is 2.54. The zero-order valence-electron chi connectivity index (χ0n) is 8.93. The summed E-state index contributed by atoms with van der Waals surface area (Å²) in [7, 11) is 0. The Labute approximate surface area is 95.1 Å². The lowest BCUT2D eigenvalue weighted by atomic mass is 9.86. The summed E-state index contributed by atoms with van der Waals surface area (Å²) in [5, 5.41) is 4.45. The van der Waals surface area contributed by atoms with Crippen LogP contribution in [-0.4, -0.2) is 23.0 Å². The summed E-state index contributed by atoms with van der Waals surface area (Å²) in [6, 6.07) is 4.35. The lowest BCUT2D eigenvalue weighted by molar-refractivity contribution is 0.0951. The number of thiophene rings is 1. The van der Waals surface area contributed by atoms with E-state index >= 15 is 0 Å². The molecule has 0 aromatic carbocycles. The molecule has 2 fully saturated rings. The molecule has 0 amide bonds. The molecule has 2 N–H and O–H groups in total. The zero-order chi connectivity index (χ0) is 10.3. The minimum atomic E-state index is 0.471. The van der Waals surface area contributed by atoms with Crippen molar-refractivity contribution in [3.63, 3.8) is 0 Å². The van der Waals surface area contributed by atoms with Gasteiger partial charge in [-0.25, -0.2) is 0 Å². The van der Waals surface area contributed by atoms with E-state index < -0.39 is 0 Å². The molecule has 15 heavy (non-hydrogen) atoms. The molecule has 1 heterocycles. The standard InChI is InChI=1S/C12H18N2S/c13-10-5-12(6-10)14(11-1-2-11)7-9-3-4-15-8-9/h3-4,8,10-12H,1-2,5-7,13H2. The van der Waals surface area contributed by atoms with Gasteiger partial charge in [0.25, 0.3) is 0 Å². The van der Waals surface area contributed by atoms with Gasteiger partial charge in [-0.15, -0.1) is 0 Å². The van der Waals surface area contributed by atoms with Crippen molar-refractivity contribution in [1.29, 1.82) is 0 Å². The van der Waals surface area contributed by atoms with E-state index in [1.807, 2.05) is 0 Å². The number of hydrogen-bond donors (Lipinski definition) is 1. The number of hydrogen-bond acceptors (Lipinski definition) is 3. The van der Waals surface area contributed by atoms with Crippen LogP contribution in [0.2, 0.25) is 0 Å². The highest BCUT2D eigenvalue weighted by Crippen LogP contribution is 2.36. The number of rotatable bonds is 4. The van der Waals surface area contributed by atoms with Crippen LogP contribution in [0.15, 0.2) is 16.8 Å². The largest absolute Gasteiger partial charge is 0.328 e. The van der Waals surface area contributed by atoms with E-state index in [4.69, 9.17) is 5.73 Å². The molecule has 1 aromatic heterocycles. The molecule has 0 saturated heterocycles. The quantitative estimate of drug-likeness (QED) is 0.846. The summed E-state index contributed by atoms with van der Waals surface area (Å²) in [4.78, 5) is 2.69. The van der Waals surface area contributed by atoms with Crippen LogP contribution in [0.1, 0.15) is 31.2 Å². The van der Waals surface area contributed by atoms with E-state index in [9.17, 15) is 0 Å². The van der Waals surface area contributed by atoms with Gasteiger partial charge in [0.2, 0.25) is 0 Å². The fraction of sp³-hybridized carbons (Fsp3) is 0.667. The molecule has 82 valence electrons. The second-order valence-corrected chi connectivity index (χ2v) is 5.70. The molecule has 0 radical (unpaired) electrons. The van der Waals surface area contributed by atoms with Crippen molar-refractivity contribution in [2.45, 2.75) is 50.4 Å². The summed E-state index contributed by atoms with van der Waals surface area (Å²) < 4.78 is 0. The molecule has 0 spiro atoms. The van der Waals surface area contributed by atoms with Crippen LogP contribution in [0.4, 0.5) is 0 Å². The predicted octanol–water partition coefficient (Wildman–Crippen LogP) is 2.20. The van der Waals surface area contributed by atoms with Gasteiger partial charge in [-0.2, -0.15) is 11.3 Å². The van der Waals surface area contributed by atoms with Crippen LogP contribution < -0.4 is 5.73 Å². The molecule has 0 atom stereocenters. The van der Waals surface area contributed by atoms with Crippen molar-refractivity contribution in [3.05, 3.63) is 22.4 Å². The third-order valence-electron chi connectivity index (χ3n) is 3.58. The second-order valence-electron chi connectivity index (χ2n) is 4.92. The van der Waals surface area contributed by atoms with Gasteiger partial charge in [0.15, 0.2) is 0 Å². The Balaban J connectivity index is 1.64. The van der Waals surface area contributed by atoms with Crippen molar-refractivity contribution < 1.29 is 0 Å². The van der Waals surface area contributed by atoms with Gasteiger partial charge in [0.1, 0.15) is 0 Å². The fourth-order valence-electron chi connectivity index (χ4n) is 2.46. The summed E-state index contributed by atoms with van der Waals surface area (Å²) >= 11 is 1.80. The Bertz CT molecular complexity index is 312. The topological polar surface area (TPSA) is 29.3 Å². The fourth-order valence-corrected chi connectivity index (χ4v) is 3.12. The first-order chi connectivity index (χ1) is 7.33. The Morgan fingerprint density at radius 1 is 1.33 bits per heavy atom. The maximum atomic E-state index is 5.88. The van der Waals surface area contributed by atoms with E-state index in [0.29, 0.717) is 6.04 Å². The minimum absolute atomic E-state index is 0.471. The zero-order valence-corrected chi connectivity index (χ0v) is 9.75. The molecule has 1 aromatic rings. The molecule has 3 rings (SSSR count). The highest BCUT2D eigenvalue weighted by molar-refractivity contribution is 7.07. The van der Waals surface area contributed by atoms with Crippen LogP contribution in [0, 0.1) is 0 Å². The smallest absolute Gasteiger partial charge is 0.0247 e. The number of nitrogens with two attached hydrogens (primary N) is 1. The van der Waals surface area contributed by atoms with Crippen molar-refractivity contribution in [3.8, 4) is 0 Å². The van der Waals surface area contributed by atoms with E-state index in [1.165, 1.54) is 31.2 Å². The van der Waals surface area contributed by atoms with Crippen LogP contribution in [0.3, 0.4) is 0 Å². The highest BCUT2D eigenvalue weighted by atomic mass is 32.1. The van der Waals surface area contributed by atoms with Crippen molar-refractivity contribution in [2.24, 2.45) is 5.73 Å². The molecule has 0 bridgehead atoms. The van der Waals surface area contributed by atoms with Crippen LogP contribution in [0.25, 0.3) is 0 Å². The average Bonchev–Trinajstić information content (AvgIpc) is 2.89. The van der Waals surface area contributed by atoms with Crippen molar-refractivity contribution in [2.75, 3.05) is 0 Å². The monoisotopic (exact) mass is 222 g/mol. The molecule has 2 aliphatic rings. The van der Waals surface area contributed by atoms with Crippen LogP contribution in [0.5, 0.6) is 0 Å². The normalized spacial score (nSPS) is 30.5. The predicted molar refractivity (Wildman–Crippen MR) is 63.9 cm³/mol. The summed E-state index contributed by atoms with van der Waals surface area (Å²) in [6.07, 6.45) is 5.22. The molecular formula is C12H18N2S. The Morgan fingerprint density at radius 2 is 2.13 bits per heavy atom. The Morgan fingerprint density at radius 3 is 2.67 bits per heavy atom. The van der Waals surface area contributed by atoms with Gasteiger partial charge in [-0.05, 0) is 48.1 Å². The van der Waals surface area contributed by atoms with Gasteiger partial charge in [0.05, 0.1) is 0 Å². The summed E-state index contributed by atoms with van der Waals surface area (Å²) in [6.45, 7) is 1.14. The van der Waals surface area contributed by atoms with Gasteiger partial charge in [-0.3, -0.25) is 4.90 Å². The third kappa shape index (κ3) is 2.10. The van der Waals surface area contributed by atoms with Gasteiger partial charge >= 0.3 is 0 Å². The van der Waals surface area contributed by atoms with E-state index in [0.717, 1.165) is 18.6 Å². The van der Waals surface area contributed by atoms with E-state index in [-0.39, 0.29) is 0 Å². The SMILES string of the molecule is NC1CC(N(Cc2ccsc2)C2CC2)C1. The second kappa shape index (κ2) is 3.89. The maximum absolute atomic E-state index is 5.88. The third-order valence-corrected chi connectivity index (χ3v) is 4.31. The lowest BCUT2D eigenvalue weighted by Gasteiger charge is -2.41. The lowest BCUT2D eigenvalue weighted by Crippen LogP contribution is -2.51. The maximum Gasteiger partial charge on any atom is 0.0247 e. The van der Waals surface area contributed by atoms with Crippen LogP contribution in [-0.2, 0) is 6.54 Å². The molecule has 0 aliphatic heterocycles. The first-order valence-corrected chi connectivity index (χ1v) is 6.79. The molecule has 3 heteroatoms. The molecule has 2 aliphatic carbocycles. The number of nitrogens with zero attached hydrogens (tertiary/aromatic N) is 1. The van der Waals surface area contributed by atoms with E-state index in [2.05, 4.69) is 21.7 Å². The van der Waals surface area contributed by atoms with Gasteiger partial charge < -0.3 is 5.73 Å². The average molecular weight is 222 g/mol. The summed E-state index contributed by atoms with van der Waals surface area (Å²) in [5.41, 5.74) is 7.36. The Hall–Kier alpha value is -0.380. The van der Waals surface area contributed by atoms with Crippen molar-refractivity contribution >= 4 is 11.3 Å². The first-order valence-electron chi connectivity index (χ1n) is 5.85. The first kappa shape index (κ1) is 9.82. The van der Waals surface area contributed by atoms with E-state index in [1.54, 1.807) is 11.3 Å². The van der Waals surface area contributed by atoms with Gasteiger partial charge in [-0.1, -0.05) is 0 Å². The van der Waals surface area contributed by atoms with Crippen LogP contribution >= 0.6 is 11.3 Å². The molecule has 0 unspecified atom stereocenters. The van der Waals surface area contributed by atoms with Crippen molar-refractivity contribution in [1.82, 2.24) is 4.90 Å². The van der Waals surface area contributed by atoms with Gasteiger partial charge in [0, 0.05) is 24.7 Å².